The number of amides is 1. The Kier molecular flexibility index (Phi) is 4.06. The molecule has 0 heterocycles. The van der Waals surface area contributed by atoms with Crippen molar-refractivity contribution in [3.63, 3.8) is 0 Å². The first kappa shape index (κ1) is 14.9. The number of carbonyl (C=O) groups is 1. The summed E-state index contributed by atoms with van der Waals surface area (Å²) in [6.45, 7) is 0.972. The van der Waals surface area contributed by atoms with E-state index < -0.39 is 0 Å². The smallest absolute Gasteiger partial charge is 0.407 e. The highest BCUT2D eigenvalue weighted by atomic mass is 16.5. The van der Waals surface area contributed by atoms with Crippen LogP contribution in [0.5, 0.6) is 0 Å². The van der Waals surface area contributed by atoms with E-state index in [0.29, 0.717) is 13.2 Å². The zero-order valence-corrected chi connectivity index (χ0v) is 12.8. The summed E-state index contributed by atoms with van der Waals surface area (Å²) in [4.78, 5) is 11.9. The molecule has 116 valence electrons. The Morgan fingerprint density at radius 1 is 1.14 bits per heavy atom. The molecule has 1 amide bonds. The van der Waals surface area contributed by atoms with Gasteiger partial charge in [0, 0.05) is 6.54 Å². The van der Waals surface area contributed by atoms with Crippen molar-refractivity contribution >= 4 is 6.09 Å². The summed E-state index contributed by atoms with van der Waals surface area (Å²) in [5.74, 6) is 0. The number of alkyl carbamates (subject to hydrolysis) is 1. The van der Waals surface area contributed by atoms with E-state index in [1.165, 1.54) is 0 Å². The third kappa shape index (κ3) is 3.09. The standard InChI is InChI=1S/C18H22N2O2/c19-13-17-6-9-18(10-7-17,11-8-17)14-20-16(21)22-12-15-4-2-1-3-5-15/h1-5H,6-12,14H2,(H,20,21). The Labute approximate surface area is 131 Å². The first-order valence-electron chi connectivity index (χ1n) is 8.01. The number of carbonyl (C=O) groups excluding carboxylic acids is 1. The molecule has 3 fully saturated rings. The van der Waals surface area contributed by atoms with Crippen LogP contribution in [0.2, 0.25) is 0 Å². The Morgan fingerprint density at radius 2 is 1.77 bits per heavy atom. The Hall–Kier alpha value is -2.02. The van der Waals surface area contributed by atoms with E-state index in [0.717, 1.165) is 44.1 Å². The molecule has 3 aliphatic rings. The molecule has 4 rings (SSSR count). The molecule has 1 aromatic carbocycles. The molecule has 1 N–H and O–H groups in total. The van der Waals surface area contributed by atoms with Gasteiger partial charge in [-0.15, -0.1) is 0 Å². The number of nitrogens with one attached hydrogen (secondary N) is 1. The molecule has 4 nitrogen and oxygen atoms in total. The molecule has 2 bridgehead atoms. The van der Waals surface area contributed by atoms with Crippen LogP contribution in [-0.2, 0) is 11.3 Å². The van der Waals surface area contributed by atoms with Gasteiger partial charge in [0.05, 0.1) is 11.5 Å². The molecular formula is C18H22N2O2. The van der Waals surface area contributed by atoms with Crippen LogP contribution in [0, 0.1) is 22.2 Å². The second-order valence-electron chi connectivity index (χ2n) is 6.81. The van der Waals surface area contributed by atoms with E-state index in [4.69, 9.17) is 4.74 Å². The van der Waals surface area contributed by atoms with E-state index in [1.54, 1.807) is 0 Å². The van der Waals surface area contributed by atoms with Crippen molar-refractivity contribution in [1.82, 2.24) is 5.32 Å². The summed E-state index contributed by atoms with van der Waals surface area (Å²) in [6, 6.07) is 12.2. The average Bonchev–Trinajstić information content (AvgIpc) is 2.61. The van der Waals surface area contributed by atoms with Gasteiger partial charge in [0.1, 0.15) is 6.61 Å². The zero-order chi connectivity index (χ0) is 15.5. The van der Waals surface area contributed by atoms with Gasteiger partial charge in [-0.25, -0.2) is 4.79 Å². The van der Waals surface area contributed by atoms with Crippen molar-refractivity contribution in [3.05, 3.63) is 35.9 Å². The lowest BCUT2D eigenvalue weighted by atomic mass is 9.54. The van der Waals surface area contributed by atoms with Crippen molar-refractivity contribution in [3.8, 4) is 6.07 Å². The highest BCUT2D eigenvalue weighted by Crippen LogP contribution is 2.56. The minimum absolute atomic E-state index is 0.0738. The van der Waals surface area contributed by atoms with Crippen molar-refractivity contribution in [2.45, 2.75) is 45.1 Å². The summed E-state index contributed by atoms with van der Waals surface area (Å²) in [6.07, 6.45) is 5.71. The lowest BCUT2D eigenvalue weighted by Gasteiger charge is -2.50. The van der Waals surface area contributed by atoms with Crippen molar-refractivity contribution in [1.29, 1.82) is 5.26 Å². The first-order chi connectivity index (χ1) is 10.7. The van der Waals surface area contributed by atoms with Gasteiger partial charge in [0.25, 0.3) is 0 Å². The SMILES string of the molecule is N#CC12CCC(CNC(=O)OCc3ccccc3)(CC1)CC2. The predicted molar refractivity (Wildman–Crippen MR) is 82.8 cm³/mol. The maximum absolute atomic E-state index is 11.9. The normalized spacial score (nSPS) is 29.6. The van der Waals surface area contributed by atoms with Gasteiger partial charge in [-0.3, -0.25) is 0 Å². The van der Waals surface area contributed by atoms with Gasteiger partial charge in [-0.2, -0.15) is 5.26 Å². The second-order valence-corrected chi connectivity index (χ2v) is 6.81. The molecule has 3 saturated carbocycles. The van der Waals surface area contributed by atoms with Crippen LogP contribution in [0.25, 0.3) is 0 Å². The number of nitriles is 1. The van der Waals surface area contributed by atoms with Crippen LogP contribution in [-0.4, -0.2) is 12.6 Å². The Bertz CT molecular complexity index is 552. The van der Waals surface area contributed by atoms with Gasteiger partial charge in [0.15, 0.2) is 0 Å². The number of rotatable bonds is 4. The number of benzene rings is 1. The largest absolute Gasteiger partial charge is 0.445 e. The molecule has 0 radical (unpaired) electrons. The van der Waals surface area contributed by atoms with E-state index in [2.05, 4.69) is 11.4 Å². The van der Waals surface area contributed by atoms with Gasteiger partial charge < -0.3 is 10.1 Å². The van der Waals surface area contributed by atoms with E-state index in [-0.39, 0.29) is 16.9 Å². The molecule has 4 heteroatoms. The number of nitrogens with zero attached hydrogens (tertiary/aromatic N) is 1. The van der Waals surface area contributed by atoms with Crippen LogP contribution in [0.1, 0.15) is 44.1 Å². The van der Waals surface area contributed by atoms with Crippen LogP contribution >= 0.6 is 0 Å². The summed E-state index contributed by atoms with van der Waals surface area (Å²) in [5, 5.41) is 12.2. The minimum atomic E-state index is -0.346. The monoisotopic (exact) mass is 298 g/mol. The Balaban J connectivity index is 1.45. The third-order valence-corrected chi connectivity index (χ3v) is 5.46. The van der Waals surface area contributed by atoms with Crippen molar-refractivity contribution in [2.75, 3.05) is 6.54 Å². The fourth-order valence-corrected chi connectivity index (χ4v) is 3.73. The minimum Gasteiger partial charge on any atom is -0.445 e. The maximum Gasteiger partial charge on any atom is 0.407 e. The van der Waals surface area contributed by atoms with E-state index in [9.17, 15) is 10.1 Å². The van der Waals surface area contributed by atoms with Crippen molar-refractivity contribution < 1.29 is 9.53 Å². The quantitative estimate of drug-likeness (QED) is 0.920. The van der Waals surface area contributed by atoms with Crippen LogP contribution < -0.4 is 5.32 Å². The number of hydrogen-bond acceptors (Lipinski definition) is 3. The highest BCUT2D eigenvalue weighted by molar-refractivity contribution is 5.67. The van der Waals surface area contributed by atoms with Crippen LogP contribution in [0.4, 0.5) is 4.79 Å². The molecule has 0 saturated heterocycles. The molecule has 0 aromatic heterocycles. The Morgan fingerprint density at radius 3 is 2.36 bits per heavy atom. The molecule has 0 aliphatic heterocycles. The molecule has 1 aromatic rings. The predicted octanol–water partition coefficient (Wildman–Crippen LogP) is 3.78. The first-order valence-corrected chi connectivity index (χ1v) is 8.01. The molecule has 3 aliphatic carbocycles. The van der Waals surface area contributed by atoms with Crippen LogP contribution in [0.15, 0.2) is 30.3 Å². The number of hydrogen-bond donors (Lipinski definition) is 1. The molecule has 0 spiro atoms. The van der Waals surface area contributed by atoms with Gasteiger partial charge in [-0.1, -0.05) is 30.3 Å². The topological polar surface area (TPSA) is 62.1 Å². The van der Waals surface area contributed by atoms with Crippen molar-refractivity contribution in [2.24, 2.45) is 10.8 Å². The zero-order valence-electron chi connectivity index (χ0n) is 12.8. The van der Waals surface area contributed by atoms with Gasteiger partial charge in [0.2, 0.25) is 0 Å². The summed E-state index contributed by atoms with van der Waals surface area (Å²) in [7, 11) is 0. The van der Waals surface area contributed by atoms with Crippen LogP contribution in [0.3, 0.4) is 0 Å². The lowest BCUT2D eigenvalue weighted by Crippen LogP contribution is -2.47. The van der Waals surface area contributed by atoms with Gasteiger partial charge >= 0.3 is 6.09 Å². The molecular weight excluding hydrogens is 276 g/mol. The summed E-state index contributed by atoms with van der Waals surface area (Å²) in [5.41, 5.74) is 1.10. The third-order valence-electron chi connectivity index (χ3n) is 5.46. The fraction of sp³-hybridized carbons (Fsp3) is 0.556. The maximum atomic E-state index is 11.9. The summed E-state index contributed by atoms with van der Waals surface area (Å²) >= 11 is 0. The average molecular weight is 298 g/mol. The molecule has 0 unspecified atom stereocenters. The lowest BCUT2D eigenvalue weighted by molar-refractivity contribution is 0.0252. The van der Waals surface area contributed by atoms with Gasteiger partial charge in [-0.05, 0) is 49.5 Å². The van der Waals surface area contributed by atoms with E-state index >= 15 is 0 Å². The van der Waals surface area contributed by atoms with E-state index in [1.807, 2.05) is 30.3 Å². The summed E-state index contributed by atoms with van der Waals surface area (Å²) < 4.78 is 5.26. The fourth-order valence-electron chi connectivity index (χ4n) is 3.73. The molecule has 0 atom stereocenters. The highest BCUT2D eigenvalue weighted by Gasteiger charge is 2.48. The second kappa shape index (κ2) is 6.00. The molecule has 22 heavy (non-hydrogen) atoms. The number of fused-ring (bicyclic) bond motifs is 3. The number of ether oxygens (including phenoxy) is 1.